The lowest BCUT2D eigenvalue weighted by Gasteiger charge is -2.30. The van der Waals surface area contributed by atoms with Crippen LogP contribution in [0.5, 0.6) is 0 Å². The summed E-state index contributed by atoms with van der Waals surface area (Å²) < 4.78 is 53.9. The number of amides is 1. The van der Waals surface area contributed by atoms with Crippen LogP contribution in [0.4, 0.5) is 5.69 Å². The maximum absolute atomic E-state index is 12.8. The second kappa shape index (κ2) is 10.2. The molecule has 0 aliphatic carbocycles. The molecule has 0 aromatic heterocycles. The van der Waals surface area contributed by atoms with E-state index >= 15 is 0 Å². The van der Waals surface area contributed by atoms with E-state index in [-0.39, 0.29) is 22.5 Å². The Morgan fingerprint density at radius 2 is 1.56 bits per heavy atom. The summed E-state index contributed by atoms with van der Waals surface area (Å²) in [5.74, 6) is -0.512. The largest absolute Gasteiger partial charge is 0.326 e. The van der Waals surface area contributed by atoms with E-state index in [1.54, 1.807) is 12.1 Å². The van der Waals surface area contributed by atoms with E-state index < -0.39 is 20.0 Å². The zero-order valence-electron chi connectivity index (χ0n) is 19.3. The molecule has 2 aliphatic rings. The Morgan fingerprint density at radius 3 is 2.18 bits per heavy atom. The summed E-state index contributed by atoms with van der Waals surface area (Å²) in [7, 11) is -6.94. The predicted molar refractivity (Wildman–Crippen MR) is 131 cm³/mol. The number of nitrogens with zero attached hydrogens (tertiary/aromatic N) is 2. The van der Waals surface area contributed by atoms with Crippen LogP contribution in [0.15, 0.2) is 53.4 Å². The fourth-order valence-corrected chi connectivity index (χ4v) is 7.60. The number of sulfonamides is 2. The van der Waals surface area contributed by atoms with Gasteiger partial charge in [-0.2, -0.15) is 4.31 Å². The van der Waals surface area contributed by atoms with E-state index in [0.29, 0.717) is 44.7 Å². The lowest BCUT2D eigenvalue weighted by Crippen LogP contribution is -2.41. The van der Waals surface area contributed by atoms with Crippen molar-refractivity contribution in [2.24, 2.45) is 5.92 Å². The average Bonchev–Trinajstić information content (AvgIpc) is 3.35. The summed E-state index contributed by atoms with van der Waals surface area (Å²) >= 11 is 0. The van der Waals surface area contributed by atoms with Crippen molar-refractivity contribution < 1.29 is 21.6 Å². The molecule has 10 heteroatoms. The quantitative estimate of drug-likeness (QED) is 0.623. The molecule has 2 aliphatic heterocycles. The number of rotatable bonds is 7. The summed E-state index contributed by atoms with van der Waals surface area (Å²) in [5, 5.41) is 2.84. The first-order valence-electron chi connectivity index (χ1n) is 11.6. The van der Waals surface area contributed by atoms with Crippen LogP contribution in [-0.4, -0.2) is 57.5 Å². The van der Waals surface area contributed by atoms with Gasteiger partial charge in [0.2, 0.25) is 26.0 Å². The van der Waals surface area contributed by atoms with E-state index in [0.717, 1.165) is 24.0 Å². The van der Waals surface area contributed by atoms with Crippen LogP contribution in [0.25, 0.3) is 0 Å². The lowest BCUT2D eigenvalue weighted by molar-refractivity contribution is -0.120. The molecule has 8 nitrogen and oxygen atoms in total. The third-order valence-corrected chi connectivity index (χ3v) is 10.2. The monoisotopic (exact) mass is 505 g/mol. The summed E-state index contributed by atoms with van der Waals surface area (Å²) in [5.41, 5.74) is 2.31. The second-order valence-corrected chi connectivity index (χ2v) is 13.0. The molecule has 2 fully saturated rings. The third kappa shape index (κ3) is 5.68. The number of carbonyl (C=O) groups excluding carboxylic acids is 1. The fourth-order valence-electron chi connectivity index (χ4n) is 4.53. The minimum atomic E-state index is -3.49. The number of carbonyl (C=O) groups is 1. The molecule has 0 spiro atoms. The number of anilines is 1. The topological polar surface area (TPSA) is 104 Å². The highest BCUT2D eigenvalue weighted by Crippen LogP contribution is 2.25. The highest BCUT2D eigenvalue weighted by molar-refractivity contribution is 7.89. The normalized spacial score (nSPS) is 18.7. The van der Waals surface area contributed by atoms with Crippen molar-refractivity contribution in [3.8, 4) is 0 Å². The zero-order chi connectivity index (χ0) is 24.3. The smallest absolute Gasteiger partial charge is 0.243 e. The van der Waals surface area contributed by atoms with Gasteiger partial charge >= 0.3 is 0 Å². The zero-order valence-corrected chi connectivity index (χ0v) is 20.9. The van der Waals surface area contributed by atoms with Gasteiger partial charge in [-0.05, 0) is 62.4 Å². The number of benzene rings is 2. The van der Waals surface area contributed by atoms with E-state index in [4.69, 9.17) is 0 Å². The van der Waals surface area contributed by atoms with Gasteiger partial charge in [0.15, 0.2) is 0 Å². The van der Waals surface area contributed by atoms with Gasteiger partial charge in [0.05, 0.1) is 10.6 Å². The highest BCUT2D eigenvalue weighted by atomic mass is 32.2. The van der Waals surface area contributed by atoms with Crippen molar-refractivity contribution in [3.63, 3.8) is 0 Å². The molecule has 34 heavy (non-hydrogen) atoms. The Morgan fingerprint density at radius 1 is 0.912 bits per heavy atom. The van der Waals surface area contributed by atoms with Gasteiger partial charge in [-0.1, -0.05) is 29.8 Å². The molecular formula is C24H31N3O5S2. The first kappa shape index (κ1) is 24.8. The fraction of sp³-hybridized carbons (Fsp3) is 0.458. The van der Waals surface area contributed by atoms with Gasteiger partial charge in [0, 0.05) is 37.8 Å². The molecule has 0 radical (unpaired) electrons. The van der Waals surface area contributed by atoms with Gasteiger partial charge < -0.3 is 5.32 Å². The van der Waals surface area contributed by atoms with Gasteiger partial charge in [0.1, 0.15) is 0 Å². The highest BCUT2D eigenvalue weighted by Gasteiger charge is 2.31. The predicted octanol–water partition coefficient (Wildman–Crippen LogP) is 2.96. The van der Waals surface area contributed by atoms with Crippen LogP contribution in [0.3, 0.4) is 0 Å². The number of hydrogen-bond acceptors (Lipinski definition) is 5. The first-order chi connectivity index (χ1) is 16.1. The van der Waals surface area contributed by atoms with Crippen LogP contribution in [0.1, 0.15) is 36.8 Å². The van der Waals surface area contributed by atoms with Crippen LogP contribution in [0.2, 0.25) is 0 Å². The maximum Gasteiger partial charge on any atom is 0.243 e. The number of aryl methyl sites for hydroxylation is 1. The summed E-state index contributed by atoms with van der Waals surface area (Å²) in [6.07, 6.45) is 2.64. The molecule has 1 N–H and O–H groups in total. The molecule has 0 atom stereocenters. The molecule has 0 unspecified atom stereocenters. The second-order valence-electron chi connectivity index (χ2n) is 9.04. The Balaban J connectivity index is 1.31. The maximum atomic E-state index is 12.8. The molecule has 2 heterocycles. The van der Waals surface area contributed by atoms with E-state index in [1.165, 1.54) is 20.7 Å². The van der Waals surface area contributed by atoms with Crippen molar-refractivity contribution in [1.29, 1.82) is 0 Å². The average molecular weight is 506 g/mol. The Labute approximate surface area is 202 Å². The van der Waals surface area contributed by atoms with Gasteiger partial charge in [-0.15, -0.1) is 0 Å². The Kier molecular flexibility index (Phi) is 7.42. The summed E-state index contributed by atoms with van der Waals surface area (Å²) in [6, 6.07) is 13.7. The summed E-state index contributed by atoms with van der Waals surface area (Å²) in [6.45, 7) is 3.62. The molecule has 2 aromatic carbocycles. The SMILES string of the molecule is Cc1cccc(CS(=O)(=O)N2CCC(C(=O)Nc3ccc(S(=O)(=O)N4CCCC4)cc3)CC2)c1. The van der Waals surface area contributed by atoms with E-state index in [2.05, 4.69) is 5.32 Å². The molecular weight excluding hydrogens is 474 g/mol. The van der Waals surface area contributed by atoms with Crippen molar-refractivity contribution >= 4 is 31.6 Å². The Hall–Kier alpha value is -2.27. The molecule has 2 aromatic rings. The van der Waals surface area contributed by atoms with Crippen molar-refractivity contribution in [1.82, 2.24) is 8.61 Å². The van der Waals surface area contributed by atoms with E-state index in [9.17, 15) is 21.6 Å². The first-order valence-corrected chi connectivity index (χ1v) is 14.6. The van der Waals surface area contributed by atoms with Crippen LogP contribution < -0.4 is 5.32 Å². The standard InChI is InChI=1S/C24H31N3O5S2/c1-19-5-4-6-20(17-19)18-33(29,30)26-15-11-21(12-16-26)24(28)25-22-7-9-23(10-8-22)34(31,32)27-13-2-3-14-27/h4-10,17,21H,2-3,11-16,18H2,1H3,(H,25,28). The van der Waals surface area contributed by atoms with Crippen molar-refractivity contribution in [3.05, 3.63) is 59.7 Å². The number of nitrogens with one attached hydrogen (secondary N) is 1. The molecule has 2 saturated heterocycles. The molecule has 0 saturated carbocycles. The molecule has 184 valence electrons. The molecule has 0 bridgehead atoms. The van der Waals surface area contributed by atoms with Crippen molar-refractivity contribution in [2.75, 3.05) is 31.5 Å². The van der Waals surface area contributed by atoms with Crippen LogP contribution in [0, 0.1) is 12.8 Å². The van der Waals surface area contributed by atoms with Crippen molar-refractivity contribution in [2.45, 2.75) is 43.3 Å². The lowest BCUT2D eigenvalue weighted by atomic mass is 9.97. The van der Waals surface area contributed by atoms with Crippen LogP contribution in [-0.2, 0) is 30.6 Å². The third-order valence-electron chi connectivity index (χ3n) is 6.47. The molecule has 4 rings (SSSR count). The molecule has 1 amide bonds. The van der Waals surface area contributed by atoms with Gasteiger partial charge in [-0.3, -0.25) is 4.79 Å². The number of piperidine rings is 1. The Bertz CT molecular complexity index is 1230. The summed E-state index contributed by atoms with van der Waals surface area (Å²) in [4.78, 5) is 13.0. The number of hydrogen-bond donors (Lipinski definition) is 1. The minimum absolute atomic E-state index is 0.0434. The van der Waals surface area contributed by atoms with Crippen LogP contribution >= 0.6 is 0 Å². The van der Waals surface area contributed by atoms with Gasteiger partial charge in [0.25, 0.3) is 0 Å². The minimum Gasteiger partial charge on any atom is -0.326 e. The van der Waals surface area contributed by atoms with Gasteiger partial charge in [-0.25, -0.2) is 21.1 Å². The van der Waals surface area contributed by atoms with E-state index in [1.807, 2.05) is 31.2 Å².